The molecule has 0 fully saturated rings. The average Bonchev–Trinajstić information content (AvgIpc) is 2.58. The van der Waals surface area contributed by atoms with Crippen LogP contribution in [0.2, 0.25) is 0 Å². The van der Waals surface area contributed by atoms with Gasteiger partial charge in [0.2, 0.25) is 0 Å². The van der Waals surface area contributed by atoms with E-state index in [1.807, 2.05) is 0 Å². The fourth-order valence-electron chi connectivity index (χ4n) is 1.78. The second-order valence-corrected chi connectivity index (χ2v) is 4.46. The Labute approximate surface area is 131 Å². The van der Waals surface area contributed by atoms with Gasteiger partial charge >= 0.3 is 0 Å². The van der Waals surface area contributed by atoms with E-state index in [1.54, 1.807) is 36.4 Å². The van der Waals surface area contributed by atoms with Crippen molar-refractivity contribution >= 4 is 23.6 Å². The summed E-state index contributed by atoms with van der Waals surface area (Å²) in [7, 11) is 0. The molecule has 0 heterocycles. The molecule has 7 heteroatoms. The van der Waals surface area contributed by atoms with Crippen molar-refractivity contribution in [1.29, 1.82) is 0 Å². The lowest BCUT2D eigenvalue weighted by Crippen LogP contribution is -2.40. The van der Waals surface area contributed by atoms with E-state index in [0.717, 1.165) is 6.08 Å². The van der Waals surface area contributed by atoms with Crippen LogP contribution < -0.4 is 10.9 Å². The van der Waals surface area contributed by atoms with Gasteiger partial charge in [0.05, 0.1) is 10.5 Å². The Morgan fingerprint density at radius 3 is 2.30 bits per heavy atom. The number of amides is 2. The van der Waals surface area contributed by atoms with Crippen LogP contribution in [0.4, 0.5) is 5.69 Å². The lowest BCUT2D eigenvalue weighted by Gasteiger charge is -2.04. The van der Waals surface area contributed by atoms with Gasteiger partial charge in [0.1, 0.15) is 0 Å². The third kappa shape index (κ3) is 4.50. The monoisotopic (exact) mass is 311 g/mol. The Balaban J connectivity index is 1.95. The summed E-state index contributed by atoms with van der Waals surface area (Å²) >= 11 is 0. The Kier molecular flexibility index (Phi) is 5.19. The molecule has 2 amide bonds. The smallest absolute Gasteiger partial charge is 0.268 e. The molecule has 7 nitrogen and oxygen atoms in total. The van der Waals surface area contributed by atoms with E-state index in [2.05, 4.69) is 10.9 Å². The molecule has 0 aliphatic heterocycles. The number of hydrogen-bond donors (Lipinski definition) is 2. The number of carbonyl (C=O) groups is 2. The molecule has 0 atom stereocenters. The zero-order valence-electron chi connectivity index (χ0n) is 11.9. The van der Waals surface area contributed by atoms with Gasteiger partial charge in [0, 0.05) is 17.7 Å². The molecule has 0 unspecified atom stereocenters. The summed E-state index contributed by atoms with van der Waals surface area (Å²) < 4.78 is 0. The van der Waals surface area contributed by atoms with Crippen molar-refractivity contribution in [3.63, 3.8) is 0 Å². The van der Waals surface area contributed by atoms with Crippen LogP contribution in [0.15, 0.2) is 60.7 Å². The summed E-state index contributed by atoms with van der Waals surface area (Å²) in [5.41, 5.74) is 5.04. The molecule has 0 bridgehead atoms. The highest BCUT2D eigenvalue weighted by Crippen LogP contribution is 2.18. The molecule has 116 valence electrons. The molecule has 0 spiro atoms. The van der Waals surface area contributed by atoms with Crippen molar-refractivity contribution in [2.45, 2.75) is 0 Å². The molecule has 0 radical (unpaired) electrons. The SMILES string of the molecule is O=C(/C=C/c1ccccc1[N+](=O)[O-])NNC(=O)c1ccccc1. The Hall–Kier alpha value is -3.48. The second kappa shape index (κ2) is 7.51. The minimum Gasteiger partial charge on any atom is -0.268 e. The van der Waals surface area contributed by atoms with Crippen LogP contribution in [0.3, 0.4) is 0 Å². The molecule has 2 rings (SSSR count). The molecule has 0 aromatic heterocycles. The maximum atomic E-state index is 11.7. The highest BCUT2D eigenvalue weighted by molar-refractivity contribution is 5.98. The van der Waals surface area contributed by atoms with E-state index in [4.69, 9.17) is 0 Å². The number of hydrazine groups is 1. The lowest BCUT2D eigenvalue weighted by atomic mass is 10.1. The summed E-state index contributed by atoms with van der Waals surface area (Å²) in [6, 6.07) is 14.4. The number of para-hydroxylation sites is 1. The van der Waals surface area contributed by atoms with E-state index in [9.17, 15) is 19.7 Å². The number of nitro benzene ring substituents is 1. The van der Waals surface area contributed by atoms with E-state index in [0.29, 0.717) is 11.1 Å². The molecular weight excluding hydrogens is 298 g/mol. The molecule has 0 saturated carbocycles. The minimum atomic E-state index is -0.604. The van der Waals surface area contributed by atoms with Gasteiger partial charge in [-0.3, -0.25) is 30.6 Å². The quantitative estimate of drug-likeness (QED) is 0.512. The third-order valence-corrected chi connectivity index (χ3v) is 2.88. The van der Waals surface area contributed by atoms with Crippen LogP contribution in [0.1, 0.15) is 15.9 Å². The maximum absolute atomic E-state index is 11.7. The molecule has 2 aromatic rings. The zero-order chi connectivity index (χ0) is 16.7. The number of nitrogens with zero attached hydrogens (tertiary/aromatic N) is 1. The maximum Gasteiger partial charge on any atom is 0.276 e. The Morgan fingerprint density at radius 1 is 0.957 bits per heavy atom. The minimum absolute atomic E-state index is 0.107. The van der Waals surface area contributed by atoms with Gasteiger partial charge in [-0.05, 0) is 24.3 Å². The first-order valence-electron chi connectivity index (χ1n) is 6.65. The van der Waals surface area contributed by atoms with Crippen LogP contribution in [0.5, 0.6) is 0 Å². The van der Waals surface area contributed by atoms with Crippen LogP contribution in [0.25, 0.3) is 6.08 Å². The van der Waals surface area contributed by atoms with Crippen LogP contribution in [0, 0.1) is 10.1 Å². The molecule has 2 N–H and O–H groups in total. The van der Waals surface area contributed by atoms with Gasteiger partial charge in [-0.1, -0.05) is 30.3 Å². The van der Waals surface area contributed by atoms with Gasteiger partial charge in [-0.25, -0.2) is 0 Å². The van der Waals surface area contributed by atoms with Crippen molar-refractivity contribution < 1.29 is 14.5 Å². The molecule has 2 aromatic carbocycles. The number of nitrogens with one attached hydrogen (secondary N) is 2. The van der Waals surface area contributed by atoms with Crippen molar-refractivity contribution in [1.82, 2.24) is 10.9 Å². The van der Waals surface area contributed by atoms with E-state index in [-0.39, 0.29) is 5.69 Å². The van der Waals surface area contributed by atoms with Crippen molar-refractivity contribution in [2.24, 2.45) is 0 Å². The van der Waals surface area contributed by atoms with Gasteiger partial charge in [0.15, 0.2) is 0 Å². The van der Waals surface area contributed by atoms with E-state index in [1.165, 1.54) is 24.3 Å². The third-order valence-electron chi connectivity index (χ3n) is 2.88. The second-order valence-electron chi connectivity index (χ2n) is 4.46. The number of nitro groups is 1. The number of hydrogen-bond acceptors (Lipinski definition) is 4. The van der Waals surface area contributed by atoms with Gasteiger partial charge in [-0.2, -0.15) is 0 Å². The van der Waals surface area contributed by atoms with Crippen LogP contribution in [-0.4, -0.2) is 16.7 Å². The average molecular weight is 311 g/mol. The van der Waals surface area contributed by atoms with E-state index >= 15 is 0 Å². The Morgan fingerprint density at radius 2 is 1.61 bits per heavy atom. The number of rotatable bonds is 4. The van der Waals surface area contributed by atoms with Crippen molar-refractivity contribution in [3.05, 3.63) is 81.9 Å². The lowest BCUT2D eigenvalue weighted by molar-refractivity contribution is -0.385. The van der Waals surface area contributed by atoms with Crippen LogP contribution in [-0.2, 0) is 4.79 Å². The predicted octanol–water partition coefficient (Wildman–Crippen LogP) is 2.07. The Bertz CT molecular complexity index is 757. The highest BCUT2D eigenvalue weighted by Gasteiger charge is 2.10. The van der Waals surface area contributed by atoms with Crippen molar-refractivity contribution in [3.8, 4) is 0 Å². The predicted molar refractivity (Wildman–Crippen MR) is 84.2 cm³/mol. The topological polar surface area (TPSA) is 101 Å². The first kappa shape index (κ1) is 15.9. The first-order chi connectivity index (χ1) is 11.1. The standard InChI is InChI=1S/C16H13N3O4/c20-15(17-18-16(21)13-7-2-1-3-8-13)11-10-12-6-4-5-9-14(12)19(22)23/h1-11H,(H,17,20)(H,18,21)/b11-10+. The summed E-state index contributed by atoms with van der Waals surface area (Å²) in [6.45, 7) is 0. The summed E-state index contributed by atoms with van der Waals surface area (Å²) in [5.74, 6) is -1.06. The molecule has 0 aliphatic carbocycles. The van der Waals surface area contributed by atoms with Crippen molar-refractivity contribution in [2.75, 3.05) is 0 Å². The largest absolute Gasteiger partial charge is 0.276 e. The summed E-state index contributed by atoms with van der Waals surface area (Å²) in [6.07, 6.45) is 2.41. The summed E-state index contributed by atoms with van der Waals surface area (Å²) in [4.78, 5) is 33.7. The number of benzene rings is 2. The molecule has 0 saturated heterocycles. The summed E-state index contributed by atoms with van der Waals surface area (Å²) in [5, 5.41) is 10.9. The first-order valence-corrected chi connectivity index (χ1v) is 6.65. The van der Waals surface area contributed by atoms with E-state index < -0.39 is 16.7 Å². The zero-order valence-corrected chi connectivity index (χ0v) is 11.9. The fourth-order valence-corrected chi connectivity index (χ4v) is 1.78. The van der Waals surface area contributed by atoms with Gasteiger partial charge < -0.3 is 0 Å². The number of carbonyl (C=O) groups excluding carboxylic acids is 2. The van der Waals surface area contributed by atoms with Gasteiger partial charge in [0.25, 0.3) is 17.5 Å². The molecule has 23 heavy (non-hydrogen) atoms. The fraction of sp³-hybridized carbons (Fsp3) is 0. The van der Waals surface area contributed by atoms with Gasteiger partial charge in [-0.15, -0.1) is 0 Å². The normalized spacial score (nSPS) is 10.3. The van der Waals surface area contributed by atoms with Crippen LogP contribution >= 0.6 is 0 Å². The molecule has 0 aliphatic rings. The molecular formula is C16H13N3O4. The highest BCUT2D eigenvalue weighted by atomic mass is 16.6.